The molecule has 0 fully saturated rings. The first-order valence-corrected chi connectivity index (χ1v) is 6.87. The van der Waals surface area contributed by atoms with Crippen molar-refractivity contribution in [3.8, 4) is 6.07 Å². The maximum atomic E-state index is 11.9. The van der Waals surface area contributed by atoms with Crippen molar-refractivity contribution in [2.45, 2.75) is 39.3 Å². The number of rotatable bonds is 6. The van der Waals surface area contributed by atoms with Gasteiger partial charge >= 0.3 is 5.97 Å². The van der Waals surface area contributed by atoms with Gasteiger partial charge in [0.15, 0.2) is 0 Å². The lowest BCUT2D eigenvalue weighted by atomic mass is 9.97. The van der Waals surface area contributed by atoms with Crippen molar-refractivity contribution in [2.75, 3.05) is 7.11 Å². The molecule has 108 valence electrons. The molecule has 0 aliphatic heterocycles. The summed E-state index contributed by atoms with van der Waals surface area (Å²) in [6, 6.07) is 9.16. The second-order valence-corrected chi connectivity index (χ2v) is 5.01. The summed E-state index contributed by atoms with van der Waals surface area (Å²) in [6.45, 7) is 6.05. The van der Waals surface area contributed by atoms with Crippen molar-refractivity contribution in [3.05, 3.63) is 35.4 Å². The summed E-state index contributed by atoms with van der Waals surface area (Å²) < 4.78 is 4.86. The molecule has 4 heteroatoms. The molecule has 0 aliphatic rings. The van der Waals surface area contributed by atoms with Gasteiger partial charge in [0.25, 0.3) is 0 Å². The fourth-order valence-electron chi connectivity index (χ4n) is 2.07. The van der Waals surface area contributed by atoms with Crippen molar-refractivity contribution in [3.63, 3.8) is 0 Å². The smallest absolute Gasteiger partial charge is 0.323 e. The van der Waals surface area contributed by atoms with Crippen LogP contribution in [0.25, 0.3) is 0 Å². The number of methoxy groups -OCH3 is 1. The quantitative estimate of drug-likeness (QED) is 0.810. The van der Waals surface area contributed by atoms with E-state index in [1.54, 1.807) is 6.07 Å². The lowest BCUT2D eigenvalue weighted by Crippen LogP contribution is -2.43. The van der Waals surface area contributed by atoms with Gasteiger partial charge < -0.3 is 4.74 Å². The van der Waals surface area contributed by atoms with Gasteiger partial charge in [-0.05, 0) is 30.5 Å². The average Bonchev–Trinajstić information content (AvgIpc) is 2.50. The molecule has 0 spiro atoms. The number of ether oxygens (including phenoxy) is 1. The first kappa shape index (κ1) is 16.2. The Kier molecular flexibility index (Phi) is 6.20. The van der Waals surface area contributed by atoms with Gasteiger partial charge in [-0.3, -0.25) is 10.1 Å². The first-order chi connectivity index (χ1) is 9.53. The monoisotopic (exact) mass is 274 g/mol. The number of hydrogen-bond acceptors (Lipinski definition) is 4. The van der Waals surface area contributed by atoms with Gasteiger partial charge in [0, 0.05) is 6.04 Å². The van der Waals surface area contributed by atoms with Crippen LogP contribution in [0.2, 0.25) is 0 Å². The summed E-state index contributed by atoms with van der Waals surface area (Å²) in [4.78, 5) is 11.9. The summed E-state index contributed by atoms with van der Waals surface area (Å²) in [5, 5.41) is 12.2. The molecule has 1 N–H and O–H groups in total. The standard InChI is InChI=1S/C16H22N2O2/c1-5-11(2)15(16(19)20-4)18-12(3)14-8-6-7-13(9-14)10-17/h6-9,11-12,15,18H,5H2,1-4H3. The van der Waals surface area contributed by atoms with Crippen LogP contribution in [-0.4, -0.2) is 19.1 Å². The third kappa shape index (κ3) is 4.07. The zero-order valence-corrected chi connectivity index (χ0v) is 12.5. The van der Waals surface area contributed by atoms with E-state index in [2.05, 4.69) is 11.4 Å². The summed E-state index contributed by atoms with van der Waals surface area (Å²) in [7, 11) is 1.40. The largest absolute Gasteiger partial charge is 0.468 e. The number of nitrogens with zero attached hydrogens (tertiary/aromatic N) is 1. The molecule has 0 radical (unpaired) electrons. The third-order valence-electron chi connectivity index (χ3n) is 3.61. The van der Waals surface area contributed by atoms with Gasteiger partial charge in [0.05, 0.1) is 18.7 Å². The van der Waals surface area contributed by atoms with E-state index in [1.807, 2.05) is 39.0 Å². The number of nitrogens with one attached hydrogen (secondary N) is 1. The number of hydrogen-bond donors (Lipinski definition) is 1. The lowest BCUT2D eigenvalue weighted by Gasteiger charge is -2.26. The predicted molar refractivity (Wildman–Crippen MR) is 78.0 cm³/mol. The molecule has 3 unspecified atom stereocenters. The van der Waals surface area contributed by atoms with Gasteiger partial charge in [-0.1, -0.05) is 32.4 Å². The highest BCUT2D eigenvalue weighted by Crippen LogP contribution is 2.18. The first-order valence-electron chi connectivity index (χ1n) is 6.87. The normalized spacial score (nSPS) is 14.9. The Bertz CT molecular complexity index is 493. The molecule has 1 aromatic carbocycles. The van der Waals surface area contributed by atoms with E-state index in [1.165, 1.54) is 7.11 Å². The molecule has 1 aromatic rings. The molecule has 0 saturated heterocycles. The SMILES string of the molecule is CCC(C)C(NC(C)c1cccc(C#N)c1)C(=O)OC. The highest BCUT2D eigenvalue weighted by molar-refractivity contribution is 5.76. The maximum Gasteiger partial charge on any atom is 0.323 e. The molecule has 0 aliphatic carbocycles. The summed E-state index contributed by atoms with van der Waals surface area (Å²) in [5.41, 5.74) is 1.61. The molecule has 3 atom stereocenters. The van der Waals surface area contributed by atoms with Crippen molar-refractivity contribution < 1.29 is 9.53 Å². The van der Waals surface area contributed by atoms with Crippen LogP contribution in [0, 0.1) is 17.2 Å². The van der Waals surface area contributed by atoms with Crippen LogP contribution < -0.4 is 5.32 Å². The number of esters is 1. The summed E-state index contributed by atoms with van der Waals surface area (Å²) in [5.74, 6) is -0.0633. The van der Waals surface area contributed by atoms with E-state index < -0.39 is 0 Å². The topological polar surface area (TPSA) is 62.1 Å². The fraction of sp³-hybridized carbons (Fsp3) is 0.500. The van der Waals surface area contributed by atoms with Crippen LogP contribution in [-0.2, 0) is 9.53 Å². The van der Waals surface area contributed by atoms with Crippen molar-refractivity contribution in [1.82, 2.24) is 5.32 Å². The Balaban J connectivity index is 2.87. The van der Waals surface area contributed by atoms with E-state index in [-0.39, 0.29) is 24.0 Å². The van der Waals surface area contributed by atoms with Crippen LogP contribution in [0.5, 0.6) is 0 Å². The molecule has 0 bridgehead atoms. The Hall–Kier alpha value is -1.86. The van der Waals surface area contributed by atoms with Crippen LogP contribution >= 0.6 is 0 Å². The van der Waals surface area contributed by atoms with E-state index in [9.17, 15) is 4.79 Å². The fourth-order valence-corrected chi connectivity index (χ4v) is 2.07. The van der Waals surface area contributed by atoms with Gasteiger partial charge in [-0.15, -0.1) is 0 Å². The number of carbonyl (C=O) groups excluding carboxylic acids is 1. The minimum atomic E-state index is -0.342. The Morgan fingerprint density at radius 1 is 1.45 bits per heavy atom. The molecule has 4 nitrogen and oxygen atoms in total. The van der Waals surface area contributed by atoms with Gasteiger partial charge in [0.2, 0.25) is 0 Å². The molecule has 1 rings (SSSR count). The Morgan fingerprint density at radius 2 is 2.15 bits per heavy atom. The van der Waals surface area contributed by atoms with Crippen molar-refractivity contribution in [1.29, 1.82) is 5.26 Å². The zero-order valence-electron chi connectivity index (χ0n) is 12.5. The molecular weight excluding hydrogens is 252 g/mol. The second kappa shape index (κ2) is 7.66. The van der Waals surface area contributed by atoms with E-state index >= 15 is 0 Å². The van der Waals surface area contributed by atoms with Gasteiger partial charge in [-0.2, -0.15) is 5.26 Å². The van der Waals surface area contributed by atoms with E-state index in [4.69, 9.17) is 10.00 Å². The predicted octanol–water partition coefficient (Wildman–Crippen LogP) is 2.80. The third-order valence-corrected chi connectivity index (χ3v) is 3.61. The molecule has 20 heavy (non-hydrogen) atoms. The Labute approximate surface area is 120 Å². The van der Waals surface area contributed by atoms with Gasteiger partial charge in [0.1, 0.15) is 6.04 Å². The average molecular weight is 274 g/mol. The van der Waals surface area contributed by atoms with Crippen LogP contribution in [0.1, 0.15) is 44.4 Å². The van der Waals surface area contributed by atoms with E-state index in [0.29, 0.717) is 5.56 Å². The molecule has 0 heterocycles. The highest BCUT2D eigenvalue weighted by Gasteiger charge is 2.26. The molecular formula is C16H22N2O2. The van der Waals surface area contributed by atoms with Crippen molar-refractivity contribution in [2.24, 2.45) is 5.92 Å². The Morgan fingerprint density at radius 3 is 2.70 bits per heavy atom. The molecule has 0 saturated carbocycles. The lowest BCUT2D eigenvalue weighted by molar-refractivity contribution is -0.144. The number of nitriles is 1. The van der Waals surface area contributed by atoms with Crippen LogP contribution in [0.4, 0.5) is 0 Å². The minimum Gasteiger partial charge on any atom is -0.468 e. The second-order valence-electron chi connectivity index (χ2n) is 5.01. The molecule has 0 aromatic heterocycles. The maximum absolute atomic E-state index is 11.9. The van der Waals surface area contributed by atoms with Gasteiger partial charge in [-0.25, -0.2) is 0 Å². The summed E-state index contributed by atoms with van der Waals surface area (Å²) >= 11 is 0. The zero-order chi connectivity index (χ0) is 15.1. The van der Waals surface area contributed by atoms with Crippen LogP contribution in [0.15, 0.2) is 24.3 Å². The highest BCUT2D eigenvalue weighted by atomic mass is 16.5. The van der Waals surface area contributed by atoms with Crippen molar-refractivity contribution >= 4 is 5.97 Å². The van der Waals surface area contributed by atoms with Crippen LogP contribution in [0.3, 0.4) is 0 Å². The number of carbonyl (C=O) groups is 1. The minimum absolute atomic E-state index is 0.0265. The summed E-state index contributed by atoms with van der Waals surface area (Å²) in [6.07, 6.45) is 0.887. The van der Waals surface area contributed by atoms with E-state index in [0.717, 1.165) is 12.0 Å². The number of benzene rings is 1. The molecule has 0 amide bonds.